The molecule has 0 N–H and O–H groups in total. The van der Waals surface area contributed by atoms with Crippen LogP contribution >= 0.6 is 11.8 Å². The summed E-state index contributed by atoms with van der Waals surface area (Å²) in [5, 5.41) is 0. The van der Waals surface area contributed by atoms with Crippen molar-refractivity contribution in [1.29, 1.82) is 0 Å². The van der Waals surface area contributed by atoms with Crippen molar-refractivity contribution in [2.75, 3.05) is 6.26 Å². The van der Waals surface area contributed by atoms with Crippen LogP contribution in [-0.2, 0) is 0 Å². The van der Waals surface area contributed by atoms with Gasteiger partial charge in [0, 0.05) is 4.90 Å². The van der Waals surface area contributed by atoms with Crippen LogP contribution in [0.1, 0.15) is 18.4 Å². The minimum Gasteiger partial charge on any atom is -0.207 e. The van der Waals surface area contributed by atoms with Crippen molar-refractivity contribution in [2.24, 2.45) is 0 Å². The van der Waals surface area contributed by atoms with E-state index >= 15 is 0 Å². The zero-order chi connectivity index (χ0) is 9.84. The predicted molar refractivity (Wildman–Crippen MR) is 56.8 cm³/mol. The van der Waals surface area contributed by atoms with Gasteiger partial charge in [0.2, 0.25) is 0 Å². The van der Waals surface area contributed by atoms with E-state index in [1.54, 1.807) is 17.8 Å². The van der Waals surface area contributed by atoms with Crippen molar-refractivity contribution in [2.45, 2.75) is 17.7 Å². The van der Waals surface area contributed by atoms with E-state index in [1.807, 2.05) is 25.3 Å². The smallest absolute Gasteiger partial charge is 0.123 e. The highest BCUT2D eigenvalue weighted by molar-refractivity contribution is 7.98. The first-order chi connectivity index (χ1) is 6.19. The van der Waals surface area contributed by atoms with Crippen molar-refractivity contribution in [1.82, 2.24) is 0 Å². The summed E-state index contributed by atoms with van der Waals surface area (Å²) in [5.41, 5.74) is 1.02. The van der Waals surface area contributed by atoms with E-state index in [4.69, 9.17) is 0 Å². The molecule has 1 atom stereocenters. The lowest BCUT2D eigenvalue weighted by atomic mass is 10.0. The van der Waals surface area contributed by atoms with E-state index < -0.39 is 0 Å². The Morgan fingerprint density at radius 1 is 1.54 bits per heavy atom. The monoisotopic (exact) mass is 196 g/mol. The maximum absolute atomic E-state index is 12.9. The Morgan fingerprint density at radius 2 is 2.23 bits per heavy atom. The summed E-state index contributed by atoms with van der Waals surface area (Å²) in [6.07, 6.45) is 3.82. The Bertz CT molecular complexity index is 307. The zero-order valence-corrected chi connectivity index (χ0v) is 8.70. The fraction of sp³-hybridized carbons (Fsp3) is 0.273. The van der Waals surface area contributed by atoms with Gasteiger partial charge in [-0.15, -0.1) is 18.3 Å². The summed E-state index contributed by atoms with van der Waals surface area (Å²) in [6, 6.07) is 4.89. The first-order valence-electron chi connectivity index (χ1n) is 4.15. The lowest BCUT2D eigenvalue weighted by Gasteiger charge is -2.11. The normalized spacial score (nSPS) is 12.5. The first-order valence-corrected chi connectivity index (χ1v) is 5.37. The Hall–Kier alpha value is -0.760. The molecule has 0 heterocycles. The van der Waals surface area contributed by atoms with Gasteiger partial charge in [-0.05, 0) is 35.9 Å². The van der Waals surface area contributed by atoms with Crippen LogP contribution in [0.3, 0.4) is 0 Å². The average molecular weight is 196 g/mol. The van der Waals surface area contributed by atoms with Gasteiger partial charge >= 0.3 is 0 Å². The van der Waals surface area contributed by atoms with Gasteiger partial charge < -0.3 is 0 Å². The van der Waals surface area contributed by atoms with Gasteiger partial charge in [0.05, 0.1) is 0 Å². The summed E-state index contributed by atoms with van der Waals surface area (Å²) in [7, 11) is 0. The van der Waals surface area contributed by atoms with Gasteiger partial charge in [-0.25, -0.2) is 4.39 Å². The molecule has 1 aromatic carbocycles. The molecule has 13 heavy (non-hydrogen) atoms. The van der Waals surface area contributed by atoms with Crippen LogP contribution in [0.4, 0.5) is 4.39 Å². The number of thioether (sulfide) groups is 1. The third kappa shape index (κ3) is 2.34. The molecule has 0 spiro atoms. The van der Waals surface area contributed by atoms with E-state index in [9.17, 15) is 4.39 Å². The lowest BCUT2D eigenvalue weighted by molar-refractivity contribution is 0.622. The van der Waals surface area contributed by atoms with Crippen LogP contribution in [0.2, 0.25) is 0 Å². The quantitative estimate of drug-likeness (QED) is 0.523. The molecule has 2 heteroatoms. The fourth-order valence-electron chi connectivity index (χ4n) is 1.19. The second-order valence-electron chi connectivity index (χ2n) is 2.91. The van der Waals surface area contributed by atoms with E-state index in [0.29, 0.717) is 0 Å². The van der Waals surface area contributed by atoms with E-state index in [0.717, 1.165) is 10.5 Å². The van der Waals surface area contributed by atoms with Gasteiger partial charge in [-0.1, -0.05) is 13.0 Å². The predicted octanol–water partition coefficient (Wildman–Crippen LogP) is 3.84. The molecule has 1 unspecified atom stereocenters. The molecule has 0 aliphatic rings. The Labute approximate surface area is 82.9 Å². The molecule has 70 valence electrons. The third-order valence-electron chi connectivity index (χ3n) is 2.04. The highest BCUT2D eigenvalue weighted by atomic mass is 32.2. The number of benzene rings is 1. The second kappa shape index (κ2) is 4.47. The van der Waals surface area contributed by atoms with Crippen molar-refractivity contribution < 1.29 is 4.39 Å². The molecule has 0 saturated carbocycles. The minimum absolute atomic E-state index is 0.179. The molecule has 0 bridgehead atoms. The van der Waals surface area contributed by atoms with Crippen LogP contribution in [0.25, 0.3) is 0 Å². The molecule has 0 aromatic heterocycles. The number of halogens is 1. The molecular formula is C11H13FS. The third-order valence-corrected chi connectivity index (χ3v) is 2.85. The van der Waals surface area contributed by atoms with Gasteiger partial charge in [0.25, 0.3) is 0 Å². The fourth-order valence-corrected chi connectivity index (χ4v) is 1.87. The molecule has 1 aromatic rings. The SMILES string of the molecule is C=CC(C)c1cc(F)ccc1SC. The largest absolute Gasteiger partial charge is 0.207 e. The molecule has 0 radical (unpaired) electrons. The van der Waals surface area contributed by atoms with Crippen molar-refractivity contribution in [3.63, 3.8) is 0 Å². The number of hydrogen-bond acceptors (Lipinski definition) is 1. The summed E-state index contributed by atoms with van der Waals surface area (Å²) in [5.74, 6) is 0.0275. The van der Waals surface area contributed by atoms with Gasteiger partial charge in [-0.2, -0.15) is 0 Å². The summed E-state index contributed by atoms with van der Waals surface area (Å²) < 4.78 is 12.9. The van der Waals surface area contributed by atoms with Crippen LogP contribution in [0.15, 0.2) is 35.7 Å². The highest BCUT2D eigenvalue weighted by Gasteiger charge is 2.07. The van der Waals surface area contributed by atoms with E-state index in [2.05, 4.69) is 6.58 Å². The van der Waals surface area contributed by atoms with Crippen molar-refractivity contribution in [3.05, 3.63) is 42.2 Å². The Kier molecular flexibility index (Phi) is 3.55. The van der Waals surface area contributed by atoms with Crippen LogP contribution < -0.4 is 0 Å². The number of hydrogen-bond donors (Lipinski definition) is 0. The standard InChI is InChI=1S/C11H13FS/c1-4-8(2)10-7-9(12)5-6-11(10)13-3/h4-8H,1H2,2-3H3. The summed E-state index contributed by atoms with van der Waals surface area (Å²) in [6.45, 7) is 5.73. The Morgan fingerprint density at radius 3 is 2.77 bits per heavy atom. The number of allylic oxidation sites excluding steroid dienone is 1. The van der Waals surface area contributed by atoms with Crippen molar-refractivity contribution in [3.8, 4) is 0 Å². The summed E-state index contributed by atoms with van der Waals surface area (Å²) in [4.78, 5) is 1.12. The highest BCUT2D eigenvalue weighted by Crippen LogP contribution is 2.28. The topological polar surface area (TPSA) is 0 Å². The van der Waals surface area contributed by atoms with Crippen LogP contribution in [-0.4, -0.2) is 6.26 Å². The maximum Gasteiger partial charge on any atom is 0.123 e. The Balaban J connectivity index is 3.14. The maximum atomic E-state index is 12.9. The first kappa shape index (κ1) is 10.3. The second-order valence-corrected chi connectivity index (χ2v) is 3.76. The van der Waals surface area contributed by atoms with Gasteiger partial charge in [0.1, 0.15) is 5.82 Å². The van der Waals surface area contributed by atoms with Crippen LogP contribution in [0, 0.1) is 5.82 Å². The minimum atomic E-state index is -0.179. The van der Waals surface area contributed by atoms with E-state index in [-0.39, 0.29) is 11.7 Å². The van der Waals surface area contributed by atoms with Crippen LogP contribution in [0.5, 0.6) is 0 Å². The molecule has 0 aliphatic carbocycles. The zero-order valence-electron chi connectivity index (χ0n) is 7.88. The molecule has 0 saturated heterocycles. The molecule has 0 amide bonds. The molecule has 0 fully saturated rings. The number of rotatable bonds is 3. The molecule has 0 nitrogen and oxygen atoms in total. The van der Waals surface area contributed by atoms with Crippen molar-refractivity contribution >= 4 is 11.8 Å². The summed E-state index contributed by atoms with van der Waals surface area (Å²) >= 11 is 1.63. The average Bonchev–Trinajstić information content (AvgIpc) is 2.16. The molecule has 1 rings (SSSR count). The van der Waals surface area contributed by atoms with E-state index in [1.165, 1.54) is 6.07 Å². The van der Waals surface area contributed by atoms with Gasteiger partial charge in [0.15, 0.2) is 0 Å². The lowest BCUT2D eigenvalue weighted by Crippen LogP contribution is -1.92. The van der Waals surface area contributed by atoms with Gasteiger partial charge in [-0.3, -0.25) is 0 Å². The molecule has 0 aliphatic heterocycles. The molecular weight excluding hydrogens is 183 g/mol.